The maximum atomic E-state index is 13.7. The van der Waals surface area contributed by atoms with Gasteiger partial charge in [-0.2, -0.15) is 0 Å². The molecule has 2 amide bonds. The smallest absolute Gasteiger partial charge is 0.243 e. The average molecular weight is 519 g/mol. The van der Waals surface area contributed by atoms with Crippen molar-refractivity contribution < 1.29 is 14.3 Å². The minimum Gasteiger partial charge on any atom is -0.497 e. The van der Waals surface area contributed by atoms with E-state index in [2.05, 4.69) is 11.4 Å². The van der Waals surface area contributed by atoms with E-state index in [9.17, 15) is 9.59 Å². The van der Waals surface area contributed by atoms with Crippen molar-refractivity contribution >= 4 is 23.6 Å². The van der Waals surface area contributed by atoms with E-state index in [4.69, 9.17) is 4.74 Å². The highest BCUT2D eigenvalue weighted by molar-refractivity contribution is 7.99. The van der Waals surface area contributed by atoms with Crippen molar-refractivity contribution in [2.24, 2.45) is 0 Å². The van der Waals surface area contributed by atoms with Gasteiger partial charge in [-0.3, -0.25) is 9.59 Å². The van der Waals surface area contributed by atoms with Crippen LogP contribution in [0.3, 0.4) is 0 Å². The van der Waals surface area contributed by atoms with Gasteiger partial charge >= 0.3 is 0 Å². The molecule has 0 aliphatic carbocycles. The molecule has 0 saturated carbocycles. The Morgan fingerprint density at radius 3 is 2.30 bits per heavy atom. The number of nitrogens with zero attached hydrogens (tertiary/aromatic N) is 1. The molecule has 0 aliphatic heterocycles. The van der Waals surface area contributed by atoms with E-state index in [0.29, 0.717) is 24.5 Å². The molecule has 0 radical (unpaired) electrons. The molecule has 1 N–H and O–H groups in total. The lowest BCUT2D eigenvalue weighted by atomic mass is 10.0. The van der Waals surface area contributed by atoms with Crippen LogP contribution in [0.25, 0.3) is 0 Å². The van der Waals surface area contributed by atoms with E-state index in [1.165, 1.54) is 0 Å². The minimum atomic E-state index is -0.606. The van der Waals surface area contributed by atoms with Crippen LogP contribution in [-0.4, -0.2) is 41.7 Å². The zero-order valence-electron chi connectivity index (χ0n) is 22.3. The maximum Gasteiger partial charge on any atom is 0.243 e. The number of amides is 2. The van der Waals surface area contributed by atoms with Crippen LogP contribution in [0.1, 0.15) is 42.5 Å². The van der Waals surface area contributed by atoms with Gasteiger partial charge in [-0.1, -0.05) is 79.2 Å². The van der Waals surface area contributed by atoms with Crippen LogP contribution in [0.5, 0.6) is 5.75 Å². The molecule has 0 fully saturated rings. The van der Waals surface area contributed by atoms with E-state index < -0.39 is 6.04 Å². The van der Waals surface area contributed by atoms with Gasteiger partial charge in [-0.25, -0.2) is 0 Å². The first-order chi connectivity index (χ1) is 17.9. The molecule has 3 aromatic rings. The molecule has 0 bridgehead atoms. The summed E-state index contributed by atoms with van der Waals surface area (Å²) in [5.74, 6) is 1.65. The third kappa shape index (κ3) is 8.97. The van der Waals surface area contributed by atoms with Crippen LogP contribution in [0, 0.1) is 6.92 Å². The van der Waals surface area contributed by atoms with Crippen LogP contribution in [0.4, 0.5) is 0 Å². The molecule has 196 valence electrons. The number of thioether (sulfide) groups is 1. The topological polar surface area (TPSA) is 58.6 Å². The SMILES string of the molecule is CC[C@H](C)NC(=O)[C@@H](Cc1ccccc1)N(Cc1cccc(C)c1)C(=O)CSCc1ccc(OC)cc1. The van der Waals surface area contributed by atoms with Gasteiger partial charge in [0, 0.05) is 24.8 Å². The second-order valence-electron chi connectivity index (χ2n) is 9.37. The van der Waals surface area contributed by atoms with Crippen LogP contribution < -0.4 is 10.1 Å². The van der Waals surface area contributed by atoms with Crippen LogP contribution in [0.15, 0.2) is 78.9 Å². The second kappa shape index (κ2) is 14.5. The first-order valence-electron chi connectivity index (χ1n) is 12.8. The summed E-state index contributed by atoms with van der Waals surface area (Å²) in [4.78, 5) is 29.0. The summed E-state index contributed by atoms with van der Waals surface area (Å²) in [6, 6.07) is 25.4. The van der Waals surface area contributed by atoms with Crippen molar-refractivity contribution in [2.75, 3.05) is 12.9 Å². The normalized spacial score (nSPS) is 12.4. The number of rotatable bonds is 13. The van der Waals surface area contributed by atoms with Crippen molar-refractivity contribution in [3.63, 3.8) is 0 Å². The Hall–Kier alpha value is -3.25. The number of hydrogen-bond acceptors (Lipinski definition) is 4. The standard InChI is InChI=1S/C31H38N2O3S/c1-5-24(3)32-31(35)29(19-25-11-7-6-8-12-25)33(20-27-13-9-10-23(2)18-27)30(34)22-37-21-26-14-16-28(36-4)17-15-26/h6-18,24,29H,5,19-22H2,1-4H3,(H,32,35)/t24-,29+/m0/s1. The summed E-state index contributed by atoms with van der Waals surface area (Å²) in [6.07, 6.45) is 1.29. The number of nitrogens with one attached hydrogen (secondary N) is 1. The molecule has 6 heteroatoms. The summed E-state index contributed by atoms with van der Waals surface area (Å²) < 4.78 is 5.24. The third-order valence-corrected chi connectivity index (χ3v) is 7.35. The Balaban J connectivity index is 1.83. The van der Waals surface area contributed by atoms with Crippen molar-refractivity contribution in [2.45, 2.75) is 58.0 Å². The number of carbonyl (C=O) groups excluding carboxylic acids is 2. The Morgan fingerprint density at radius 2 is 1.65 bits per heavy atom. The van der Waals surface area contributed by atoms with E-state index >= 15 is 0 Å². The van der Waals surface area contributed by atoms with Gasteiger partial charge in [-0.15, -0.1) is 11.8 Å². The van der Waals surface area contributed by atoms with Gasteiger partial charge in [0.05, 0.1) is 12.9 Å². The molecule has 5 nitrogen and oxygen atoms in total. The Bertz CT molecular complexity index is 1130. The maximum absolute atomic E-state index is 13.7. The van der Waals surface area contributed by atoms with Crippen LogP contribution in [0.2, 0.25) is 0 Å². The summed E-state index contributed by atoms with van der Waals surface area (Å²) in [5.41, 5.74) is 4.30. The van der Waals surface area contributed by atoms with Gasteiger partial charge in [0.25, 0.3) is 0 Å². The molecule has 3 rings (SSSR count). The fourth-order valence-corrected chi connectivity index (χ4v) is 4.93. The molecule has 37 heavy (non-hydrogen) atoms. The second-order valence-corrected chi connectivity index (χ2v) is 10.4. The van der Waals surface area contributed by atoms with Gasteiger partial charge < -0.3 is 15.0 Å². The van der Waals surface area contributed by atoms with Crippen molar-refractivity contribution in [3.8, 4) is 5.75 Å². The highest BCUT2D eigenvalue weighted by Gasteiger charge is 2.30. The predicted octanol–water partition coefficient (Wildman–Crippen LogP) is 5.79. The molecule has 0 spiro atoms. The fraction of sp³-hybridized carbons (Fsp3) is 0.355. The highest BCUT2D eigenvalue weighted by Crippen LogP contribution is 2.20. The third-order valence-electron chi connectivity index (χ3n) is 6.36. The monoisotopic (exact) mass is 518 g/mol. The van der Waals surface area contributed by atoms with Crippen molar-refractivity contribution in [1.29, 1.82) is 0 Å². The molecule has 3 aromatic carbocycles. The summed E-state index contributed by atoms with van der Waals surface area (Å²) >= 11 is 1.56. The summed E-state index contributed by atoms with van der Waals surface area (Å²) in [6.45, 7) is 6.46. The minimum absolute atomic E-state index is 0.0335. The van der Waals surface area contributed by atoms with Gasteiger partial charge in [0.15, 0.2) is 0 Å². The lowest BCUT2D eigenvalue weighted by Crippen LogP contribution is -2.52. The Labute approximate surface area is 225 Å². The molecule has 2 atom stereocenters. The molecular weight excluding hydrogens is 480 g/mol. The van der Waals surface area contributed by atoms with Gasteiger partial charge in [0.2, 0.25) is 11.8 Å². The Morgan fingerprint density at radius 1 is 0.946 bits per heavy atom. The molecule has 0 saturated heterocycles. The quantitative estimate of drug-likeness (QED) is 0.311. The van der Waals surface area contributed by atoms with E-state index in [1.807, 2.05) is 93.6 Å². The molecule has 0 aromatic heterocycles. The summed E-state index contributed by atoms with van der Waals surface area (Å²) in [7, 11) is 1.65. The number of benzene rings is 3. The van der Waals surface area contributed by atoms with E-state index in [-0.39, 0.29) is 17.9 Å². The molecule has 0 unspecified atom stereocenters. The number of ether oxygens (including phenoxy) is 1. The zero-order chi connectivity index (χ0) is 26.6. The number of methoxy groups -OCH3 is 1. The first kappa shape index (κ1) is 28.3. The van der Waals surface area contributed by atoms with Crippen LogP contribution in [-0.2, 0) is 28.3 Å². The van der Waals surface area contributed by atoms with Gasteiger partial charge in [-0.05, 0) is 49.1 Å². The molecule has 0 aliphatic rings. The number of hydrogen-bond donors (Lipinski definition) is 1. The number of carbonyl (C=O) groups is 2. The molecule has 0 heterocycles. The first-order valence-corrected chi connectivity index (χ1v) is 13.9. The highest BCUT2D eigenvalue weighted by atomic mass is 32.2. The number of aryl methyl sites for hydroxylation is 1. The lowest BCUT2D eigenvalue weighted by Gasteiger charge is -2.32. The van der Waals surface area contributed by atoms with Gasteiger partial charge in [0.1, 0.15) is 11.8 Å². The van der Waals surface area contributed by atoms with Crippen LogP contribution >= 0.6 is 11.8 Å². The van der Waals surface area contributed by atoms with Crippen molar-refractivity contribution in [1.82, 2.24) is 10.2 Å². The summed E-state index contributed by atoms with van der Waals surface area (Å²) in [5, 5.41) is 3.12. The lowest BCUT2D eigenvalue weighted by molar-refractivity contribution is -0.139. The Kier molecular flexibility index (Phi) is 11.1. The zero-order valence-corrected chi connectivity index (χ0v) is 23.1. The fourth-order valence-electron chi connectivity index (χ4n) is 4.06. The largest absolute Gasteiger partial charge is 0.497 e. The van der Waals surface area contributed by atoms with Crippen molar-refractivity contribution in [3.05, 3.63) is 101 Å². The predicted molar refractivity (Wildman–Crippen MR) is 153 cm³/mol. The average Bonchev–Trinajstić information content (AvgIpc) is 2.91. The molecular formula is C31H38N2O3S. The van der Waals surface area contributed by atoms with E-state index in [1.54, 1.807) is 23.8 Å². The van der Waals surface area contributed by atoms with E-state index in [0.717, 1.165) is 34.4 Å².